The zero-order valence-electron chi connectivity index (χ0n) is 12.2. The molecule has 7 nitrogen and oxygen atoms in total. The number of hydrogen-bond donors (Lipinski definition) is 2. The highest BCUT2D eigenvalue weighted by molar-refractivity contribution is 5.63. The van der Waals surface area contributed by atoms with Crippen molar-refractivity contribution < 1.29 is 9.66 Å². The predicted molar refractivity (Wildman–Crippen MR) is 82.7 cm³/mol. The lowest BCUT2D eigenvalue weighted by Crippen LogP contribution is -1.97. The zero-order chi connectivity index (χ0) is 15.8. The zero-order valence-corrected chi connectivity index (χ0v) is 12.2. The standard InChI is InChI=1S/C12H12N4O3.C2H6/c1-14-10-3-2-8(6-11(10)16(17)18)19-9-4-5-15-12(13)7-9;1-2/h2-7,14H,1H3,(H2,13,15);1-2H3. The Labute approximate surface area is 122 Å². The van der Waals surface area contributed by atoms with Gasteiger partial charge < -0.3 is 15.8 Å². The number of nitro groups is 1. The monoisotopic (exact) mass is 290 g/mol. The van der Waals surface area contributed by atoms with Crippen LogP contribution >= 0.6 is 0 Å². The van der Waals surface area contributed by atoms with Crippen LogP contribution in [0.2, 0.25) is 0 Å². The van der Waals surface area contributed by atoms with Gasteiger partial charge in [-0.1, -0.05) is 13.8 Å². The normalized spacial score (nSPS) is 9.29. The highest BCUT2D eigenvalue weighted by Gasteiger charge is 2.14. The summed E-state index contributed by atoms with van der Waals surface area (Å²) in [5.74, 6) is 1.15. The number of aromatic nitrogens is 1. The molecule has 3 N–H and O–H groups in total. The first kappa shape index (κ1) is 16.2. The highest BCUT2D eigenvalue weighted by atomic mass is 16.6. The van der Waals surface area contributed by atoms with Crippen molar-refractivity contribution in [2.24, 2.45) is 0 Å². The quantitative estimate of drug-likeness (QED) is 0.660. The second kappa shape index (κ2) is 7.68. The second-order valence-electron chi connectivity index (χ2n) is 3.70. The Morgan fingerprint density at radius 3 is 2.48 bits per heavy atom. The third-order valence-electron chi connectivity index (χ3n) is 2.42. The van der Waals surface area contributed by atoms with Crippen molar-refractivity contribution in [2.45, 2.75) is 13.8 Å². The molecule has 0 aliphatic rings. The number of nitrogens with zero attached hydrogens (tertiary/aromatic N) is 2. The third kappa shape index (κ3) is 4.34. The van der Waals surface area contributed by atoms with Crippen LogP contribution in [0.25, 0.3) is 0 Å². The largest absolute Gasteiger partial charge is 0.457 e. The van der Waals surface area contributed by atoms with Crippen LogP contribution in [0.3, 0.4) is 0 Å². The van der Waals surface area contributed by atoms with Crippen LogP contribution in [0.1, 0.15) is 13.8 Å². The van der Waals surface area contributed by atoms with Crippen LogP contribution < -0.4 is 15.8 Å². The Morgan fingerprint density at radius 2 is 1.90 bits per heavy atom. The first-order valence-corrected chi connectivity index (χ1v) is 6.45. The summed E-state index contributed by atoms with van der Waals surface area (Å²) in [5, 5.41) is 13.7. The number of pyridine rings is 1. The number of anilines is 2. The molecule has 0 amide bonds. The number of nitro benzene ring substituents is 1. The van der Waals surface area contributed by atoms with Gasteiger partial charge in [0, 0.05) is 19.3 Å². The lowest BCUT2D eigenvalue weighted by atomic mass is 10.2. The van der Waals surface area contributed by atoms with Gasteiger partial charge >= 0.3 is 0 Å². The van der Waals surface area contributed by atoms with Crippen molar-refractivity contribution in [3.8, 4) is 11.5 Å². The van der Waals surface area contributed by atoms with Gasteiger partial charge in [0.25, 0.3) is 5.69 Å². The fourth-order valence-corrected chi connectivity index (χ4v) is 1.56. The van der Waals surface area contributed by atoms with Gasteiger partial charge in [0.2, 0.25) is 0 Å². The predicted octanol–water partition coefficient (Wildman–Crippen LogP) is 3.43. The van der Waals surface area contributed by atoms with Crippen LogP contribution in [-0.4, -0.2) is 17.0 Å². The van der Waals surface area contributed by atoms with Crippen LogP contribution in [0.5, 0.6) is 11.5 Å². The Bertz CT molecular complexity index is 617. The lowest BCUT2D eigenvalue weighted by molar-refractivity contribution is -0.384. The number of benzene rings is 1. The molecule has 0 radical (unpaired) electrons. The average Bonchev–Trinajstić information content (AvgIpc) is 2.49. The van der Waals surface area contributed by atoms with Crippen molar-refractivity contribution in [2.75, 3.05) is 18.1 Å². The van der Waals surface area contributed by atoms with E-state index in [1.807, 2.05) is 13.8 Å². The maximum atomic E-state index is 10.9. The molecule has 0 saturated heterocycles. The van der Waals surface area contributed by atoms with Gasteiger partial charge in [0.1, 0.15) is 23.0 Å². The Hall–Kier alpha value is -2.83. The van der Waals surface area contributed by atoms with E-state index in [1.165, 1.54) is 18.3 Å². The van der Waals surface area contributed by atoms with E-state index < -0.39 is 4.92 Å². The summed E-state index contributed by atoms with van der Waals surface area (Å²) in [6.07, 6.45) is 1.50. The van der Waals surface area contributed by atoms with Gasteiger partial charge in [-0.2, -0.15) is 0 Å². The Morgan fingerprint density at radius 1 is 1.24 bits per heavy atom. The summed E-state index contributed by atoms with van der Waals surface area (Å²) in [7, 11) is 1.62. The van der Waals surface area contributed by atoms with Gasteiger partial charge in [-0.25, -0.2) is 4.98 Å². The molecule has 0 aliphatic heterocycles. The lowest BCUT2D eigenvalue weighted by Gasteiger charge is -2.07. The van der Waals surface area contributed by atoms with E-state index in [1.54, 1.807) is 25.2 Å². The second-order valence-corrected chi connectivity index (χ2v) is 3.70. The number of nitrogens with two attached hydrogens (primary N) is 1. The molecule has 112 valence electrons. The number of ether oxygens (including phenoxy) is 1. The summed E-state index contributed by atoms with van der Waals surface area (Å²) in [5.41, 5.74) is 5.90. The van der Waals surface area contributed by atoms with E-state index in [0.29, 0.717) is 23.0 Å². The molecule has 7 heteroatoms. The summed E-state index contributed by atoms with van der Waals surface area (Å²) in [6.45, 7) is 4.00. The molecule has 2 aromatic rings. The number of nitrogens with one attached hydrogen (secondary N) is 1. The van der Waals surface area contributed by atoms with Crippen LogP contribution in [0.4, 0.5) is 17.2 Å². The molecule has 21 heavy (non-hydrogen) atoms. The molecular weight excluding hydrogens is 272 g/mol. The minimum Gasteiger partial charge on any atom is -0.457 e. The molecule has 0 atom stereocenters. The molecular formula is C14H18N4O3. The number of rotatable bonds is 4. The van der Waals surface area contributed by atoms with Crippen molar-refractivity contribution in [3.63, 3.8) is 0 Å². The highest BCUT2D eigenvalue weighted by Crippen LogP contribution is 2.31. The molecule has 0 spiro atoms. The third-order valence-corrected chi connectivity index (χ3v) is 2.42. The first-order chi connectivity index (χ1) is 10.1. The fraction of sp³-hybridized carbons (Fsp3) is 0.214. The van der Waals surface area contributed by atoms with Gasteiger partial charge in [0.15, 0.2) is 0 Å². The summed E-state index contributed by atoms with van der Waals surface area (Å²) < 4.78 is 5.50. The minimum absolute atomic E-state index is 0.0537. The molecule has 1 heterocycles. The van der Waals surface area contributed by atoms with E-state index in [0.717, 1.165) is 0 Å². The van der Waals surface area contributed by atoms with E-state index in [2.05, 4.69) is 10.3 Å². The van der Waals surface area contributed by atoms with Crippen molar-refractivity contribution in [1.82, 2.24) is 4.98 Å². The molecule has 0 unspecified atom stereocenters. The number of hydrogen-bond acceptors (Lipinski definition) is 6. The topological polar surface area (TPSA) is 103 Å². The maximum Gasteiger partial charge on any atom is 0.296 e. The molecule has 2 rings (SSSR count). The molecule has 0 fully saturated rings. The minimum atomic E-state index is -0.473. The van der Waals surface area contributed by atoms with Crippen molar-refractivity contribution in [3.05, 3.63) is 46.6 Å². The molecule has 0 bridgehead atoms. The average molecular weight is 290 g/mol. The van der Waals surface area contributed by atoms with E-state index in [-0.39, 0.29) is 5.69 Å². The molecule has 1 aromatic heterocycles. The van der Waals surface area contributed by atoms with Gasteiger partial charge in [-0.3, -0.25) is 10.1 Å². The number of nitrogen functional groups attached to an aromatic ring is 1. The van der Waals surface area contributed by atoms with E-state index >= 15 is 0 Å². The summed E-state index contributed by atoms with van der Waals surface area (Å²) >= 11 is 0. The molecule has 0 aliphatic carbocycles. The van der Waals surface area contributed by atoms with Crippen LogP contribution in [0, 0.1) is 10.1 Å². The van der Waals surface area contributed by atoms with E-state index in [9.17, 15) is 10.1 Å². The molecule has 0 saturated carbocycles. The maximum absolute atomic E-state index is 10.9. The smallest absolute Gasteiger partial charge is 0.296 e. The van der Waals surface area contributed by atoms with Crippen LogP contribution in [-0.2, 0) is 0 Å². The SMILES string of the molecule is CC.CNc1ccc(Oc2ccnc(N)c2)cc1[N+](=O)[O-]. The first-order valence-electron chi connectivity index (χ1n) is 6.45. The van der Waals surface area contributed by atoms with Gasteiger partial charge in [-0.05, 0) is 18.2 Å². The van der Waals surface area contributed by atoms with Crippen LogP contribution in [0.15, 0.2) is 36.5 Å². The summed E-state index contributed by atoms with van der Waals surface area (Å²) in [4.78, 5) is 14.3. The van der Waals surface area contributed by atoms with Crippen molar-refractivity contribution in [1.29, 1.82) is 0 Å². The van der Waals surface area contributed by atoms with Crippen molar-refractivity contribution >= 4 is 17.2 Å². The van der Waals surface area contributed by atoms with Gasteiger partial charge in [0.05, 0.1) is 11.0 Å². The van der Waals surface area contributed by atoms with E-state index in [4.69, 9.17) is 10.5 Å². The Kier molecular flexibility index (Phi) is 5.94. The van der Waals surface area contributed by atoms with Gasteiger partial charge in [-0.15, -0.1) is 0 Å². The summed E-state index contributed by atoms with van der Waals surface area (Å²) in [6, 6.07) is 7.72. The Balaban J connectivity index is 0.00000106. The fourth-order valence-electron chi connectivity index (χ4n) is 1.56. The molecule has 1 aromatic carbocycles.